The van der Waals surface area contributed by atoms with Gasteiger partial charge in [0.05, 0.1) is 11.8 Å². The third kappa shape index (κ3) is 4.95. The molecule has 86 valence electrons. The van der Waals surface area contributed by atoms with Gasteiger partial charge in [0.25, 0.3) is 0 Å². The second-order valence-corrected chi connectivity index (χ2v) is 4.97. The lowest BCUT2D eigenvalue weighted by Crippen LogP contribution is -2.41. The van der Waals surface area contributed by atoms with Crippen LogP contribution in [0.5, 0.6) is 0 Å². The molecule has 1 heterocycles. The van der Waals surface area contributed by atoms with Crippen molar-refractivity contribution in [2.75, 3.05) is 6.54 Å². The smallest absolute Gasteiger partial charge is 0.0720 e. The third-order valence-electron chi connectivity index (χ3n) is 2.08. The van der Waals surface area contributed by atoms with Crippen LogP contribution >= 0.6 is 0 Å². The summed E-state index contributed by atoms with van der Waals surface area (Å²) in [5.74, 6) is 0. The van der Waals surface area contributed by atoms with E-state index in [-0.39, 0.29) is 11.6 Å². The number of aromatic nitrogens is 2. The summed E-state index contributed by atoms with van der Waals surface area (Å²) >= 11 is 0. The molecule has 1 aromatic rings. The Morgan fingerprint density at radius 1 is 1.53 bits per heavy atom. The molecule has 0 aliphatic heterocycles. The van der Waals surface area contributed by atoms with Crippen LogP contribution in [0.15, 0.2) is 12.3 Å². The van der Waals surface area contributed by atoms with Gasteiger partial charge in [0.1, 0.15) is 0 Å². The Kier molecular flexibility index (Phi) is 3.88. The zero-order valence-electron chi connectivity index (χ0n) is 9.99. The fourth-order valence-electron chi connectivity index (χ4n) is 1.31. The van der Waals surface area contributed by atoms with Crippen LogP contribution in [0, 0.1) is 0 Å². The lowest BCUT2D eigenvalue weighted by molar-refractivity contribution is 0.159. The zero-order valence-corrected chi connectivity index (χ0v) is 9.99. The molecule has 0 saturated carbocycles. The number of hydrogen-bond acceptors (Lipinski definition) is 3. The molecule has 0 saturated heterocycles. The van der Waals surface area contributed by atoms with Crippen molar-refractivity contribution in [3.8, 4) is 0 Å². The van der Waals surface area contributed by atoms with E-state index in [4.69, 9.17) is 0 Å². The molecular weight excluding hydrogens is 190 g/mol. The predicted molar refractivity (Wildman–Crippen MR) is 60.7 cm³/mol. The molecule has 1 aromatic heterocycles. The number of rotatable bonds is 4. The predicted octanol–water partition coefficient (Wildman–Crippen LogP) is 0.712. The number of aliphatic hydroxyl groups is 1. The molecule has 4 nitrogen and oxygen atoms in total. The maximum atomic E-state index is 9.76. The van der Waals surface area contributed by atoms with Crippen molar-refractivity contribution in [3.63, 3.8) is 0 Å². The number of β-amino-alcohol motifs (C(OH)–C–C–N with tert-alkyl or cyclic N) is 1. The zero-order chi connectivity index (χ0) is 11.5. The molecule has 0 bridgehead atoms. The first-order valence-corrected chi connectivity index (χ1v) is 5.28. The number of nitrogens with one attached hydrogen (secondary N) is 1. The van der Waals surface area contributed by atoms with E-state index in [1.54, 1.807) is 4.68 Å². The van der Waals surface area contributed by atoms with Gasteiger partial charge in [-0.15, -0.1) is 0 Å². The van der Waals surface area contributed by atoms with E-state index >= 15 is 0 Å². The fraction of sp³-hybridized carbons (Fsp3) is 0.727. The first kappa shape index (κ1) is 12.2. The molecule has 0 fully saturated rings. The van der Waals surface area contributed by atoms with Gasteiger partial charge in [-0.3, -0.25) is 4.68 Å². The van der Waals surface area contributed by atoms with Gasteiger partial charge in [0.2, 0.25) is 0 Å². The number of nitrogens with zero attached hydrogens (tertiary/aromatic N) is 2. The molecule has 1 unspecified atom stereocenters. The maximum absolute atomic E-state index is 9.76. The van der Waals surface area contributed by atoms with Crippen molar-refractivity contribution in [3.05, 3.63) is 18.0 Å². The van der Waals surface area contributed by atoms with Gasteiger partial charge in [0, 0.05) is 31.7 Å². The summed E-state index contributed by atoms with van der Waals surface area (Å²) < 4.78 is 1.75. The van der Waals surface area contributed by atoms with Gasteiger partial charge in [-0.25, -0.2) is 0 Å². The van der Waals surface area contributed by atoms with E-state index in [9.17, 15) is 5.11 Å². The summed E-state index contributed by atoms with van der Waals surface area (Å²) in [6.45, 7) is 6.85. The van der Waals surface area contributed by atoms with Crippen LogP contribution in [0.2, 0.25) is 0 Å². The summed E-state index contributed by atoms with van der Waals surface area (Å²) in [5, 5.41) is 17.3. The van der Waals surface area contributed by atoms with Crippen molar-refractivity contribution < 1.29 is 5.11 Å². The Labute approximate surface area is 91.3 Å². The van der Waals surface area contributed by atoms with Crippen molar-refractivity contribution in [1.82, 2.24) is 15.1 Å². The van der Waals surface area contributed by atoms with E-state index < -0.39 is 0 Å². The quantitative estimate of drug-likeness (QED) is 0.771. The first-order chi connectivity index (χ1) is 6.87. The Morgan fingerprint density at radius 2 is 2.20 bits per heavy atom. The first-order valence-electron chi connectivity index (χ1n) is 5.28. The minimum atomic E-state index is -0.376. The summed E-state index contributed by atoms with van der Waals surface area (Å²) in [6, 6.07) is 1.93. The van der Waals surface area contributed by atoms with Gasteiger partial charge in [-0.1, -0.05) is 0 Å². The highest BCUT2D eigenvalue weighted by Gasteiger charge is 2.13. The number of hydrogen-bond donors (Lipinski definition) is 2. The molecular formula is C11H21N3O. The van der Waals surface area contributed by atoms with Crippen molar-refractivity contribution in [2.45, 2.75) is 38.8 Å². The standard InChI is InChI=1S/C11H21N3O/c1-11(2,3)12-8-10(15)7-9-5-6-14(4)13-9/h5-6,10,12,15H,7-8H2,1-4H3. The van der Waals surface area contributed by atoms with Crippen LogP contribution in [-0.4, -0.2) is 33.1 Å². The van der Waals surface area contributed by atoms with Crippen LogP contribution in [0.25, 0.3) is 0 Å². The van der Waals surface area contributed by atoms with Gasteiger partial charge >= 0.3 is 0 Å². The lowest BCUT2D eigenvalue weighted by Gasteiger charge is -2.22. The average molecular weight is 211 g/mol. The van der Waals surface area contributed by atoms with Gasteiger partial charge in [-0.05, 0) is 26.8 Å². The van der Waals surface area contributed by atoms with Gasteiger partial charge in [-0.2, -0.15) is 5.10 Å². The second-order valence-electron chi connectivity index (χ2n) is 4.97. The molecule has 0 radical (unpaired) electrons. The van der Waals surface area contributed by atoms with Crippen LogP contribution in [-0.2, 0) is 13.5 Å². The van der Waals surface area contributed by atoms with E-state index in [0.717, 1.165) is 5.69 Å². The monoisotopic (exact) mass is 211 g/mol. The lowest BCUT2D eigenvalue weighted by atomic mass is 10.1. The SMILES string of the molecule is Cn1ccc(CC(O)CNC(C)(C)C)n1. The average Bonchev–Trinajstić information content (AvgIpc) is 2.47. The molecule has 1 rings (SSSR count). The van der Waals surface area contributed by atoms with Crippen molar-refractivity contribution in [1.29, 1.82) is 0 Å². The Hall–Kier alpha value is -0.870. The summed E-state index contributed by atoms with van der Waals surface area (Å²) in [7, 11) is 1.88. The largest absolute Gasteiger partial charge is 0.391 e. The van der Waals surface area contributed by atoms with E-state index in [1.807, 2.05) is 19.3 Å². The molecule has 4 heteroatoms. The van der Waals surface area contributed by atoms with Gasteiger partial charge < -0.3 is 10.4 Å². The summed E-state index contributed by atoms with van der Waals surface area (Å²) in [5.41, 5.74) is 0.978. The van der Waals surface area contributed by atoms with Crippen LogP contribution < -0.4 is 5.32 Å². The van der Waals surface area contributed by atoms with Crippen LogP contribution in [0.4, 0.5) is 0 Å². The van der Waals surface area contributed by atoms with E-state index in [0.29, 0.717) is 13.0 Å². The van der Waals surface area contributed by atoms with Crippen LogP contribution in [0.3, 0.4) is 0 Å². The fourth-order valence-corrected chi connectivity index (χ4v) is 1.31. The molecule has 0 aliphatic carbocycles. The normalized spacial score (nSPS) is 14.2. The molecule has 15 heavy (non-hydrogen) atoms. The highest BCUT2D eigenvalue weighted by molar-refractivity contribution is 5.00. The Balaban J connectivity index is 2.33. The number of aliphatic hydroxyl groups excluding tert-OH is 1. The second kappa shape index (κ2) is 4.77. The highest BCUT2D eigenvalue weighted by Crippen LogP contribution is 2.02. The van der Waals surface area contributed by atoms with Gasteiger partial charge in [0.15, 0.2) is 0 Å². The molecule has 1 atom stereocenters. The number of aryl methyl sites for hydroxylation is 1. The van der Waals surface area contributed by atoms with Crippen molar-refractivity contribution >= 4 is 0 Å². The molecule has 0 aromatic carbocycles. The van der Waals surface area contributed by atoms with E-state index in [2.05, 4.69) is 31.2 Å². The summed E-state index contributed by atoms with van der Waals surface area (Å²) in [6.07, 6.45) is 2.11. The van der Waals surface area contributed by atoms with Crippen LogP contribution in [0.1, 0.15) is 26.5 Å². The molecule has 0 spiro atoms. The maximum Gasteiger partial charge on any atom is 0.0720 e. The minimum absolute atomic E-state index is 0.0467. The third-order valence-corrected chi connectivity index (χ3v) is 2.08. The van der Waals surface area contributed by atoms with Crippen molar-refractivity contribution in [2.24, 2.45) is 7.05 Å². The summed E-state index contributed by atoms with van der Waals surface area (Å²) in [4.78, 5) is 0. The van der Waals surface area contributed by atoms with E-state index in [1.165, 1.54) is 0 Å². The molecule has 2 N–H and O–H groups in total. The topological polar surface area (TPSA) is 50.1 Å². The molecule has 0 amide bonds. The minimum Gasteiger partial charge on any atom is -0.391 e. The highest BCUT2D eigenvalue weighted by atomic mass is 16.3. The Morgan fingerprint density at radius 3 is 2.67 bits per heavy atom. The molecule has 0 aliphatic rings. The Bertz CT molecular complexity index is 301.